The molecule has 1 amide bonds. The number of halogens is 2. The highest BCUT2D eigenvalue weighted by Gasteiger charge is 2.17. The van der Waals surface area contributed by atoms with Gasteiger partial charge in [0.05, 0.1) is 23.3 Å². The van der Waals surface area contributed by atoms with Gasteiger partial charge in [0.2, 0.25) is 5.91 Å². The molecule has 0 spiro atoms. The Balaban J connectivity index is 0. The van der Waals surface area contributed by atoms with Crippen molar-refractivity contribution < 1.29 is 4.79 Å². The van der Waals surface area contributed by atoms with Crippen molar-refractivity contribution in [2.45, 2.75) is 40.3 Å². The largest absolute Gasteiger partial charge is 0.350 e. The Morgan fingerprint density at radius 3 is 2.33 bits per heavy atom. The first-order valence-electron chi connectivity index (χ1n) is 5.38. The van der Waals surface area contributed by atoms with Crippen molar-refractivity contribution in [3.05, 3.63) is 15.6 Å². The van der Waals surface area contributed by atoms with Gasteiger partial charge in [-0.2, -0.15) is 0 Å². The van der Waals surface area contributed by atoms with Crippen LogP contribution in [-0.4, -0.2) is 16.9 Å². The van der Waals surface area contributed by atoms with Crippen LogP contribution in [0.25, 0.3) is 0 Å². The number of thiazole rings is 1. The van der Waals surface area contributed by atoms with E-state index in [9.17, 15) is 4.79 Å². The van der Waals surface area contributed by atoms with E-state index in [1.807, 2.05) is 27.7 Å². The summed E-state index contributed by atoms with van der Waals surface area (Å²) in [7, 11) is 0. The van der Waals surface area contributed by atoms with E-state index < -0.39 is 6.04 Å². The van der Waals surface area contributed by atoms with Crippen LogP contribution >= 0.6 is 36.2 Å². The van der Waals surface area contributed by atoms with Gasteiger partial charge in [0.25, 0.3) is 0 Å². The summed E-state index contributed by atoms with van der Waals surface area (Å²) in [6.07, 6.45) is 0. The molecule has 3 N–H and O–H groups in total. The average molecular weight is 314 g/mol. The first-order chi connectivity index (χ1) is 7.41. The summed E-state index contributed by atoms with van der Waals surface area (Å²) in [5.74, 6) is 0.0600. The van der Waals surface area contributed by atoms with Crippen LogP contribution in [0.4, 0.5) is 0 Å². The molecule has 0 aromatic carbocycles. The molecule has 0 aliphatic heterocycles. The zero-order valence-corrected chi connectivity index (χ0v) is 13.5. The zero-order chi connectivity index (χ0) is 12.3. The van der Waals surface area contributed by atoms with E-state index in [4.69, 9.17) is 5.73 Å². The van der Waals surface area contributed by atoms with Gasteiger partial charge in [-0.3, -0.25) is 4.79 Å². The predicted molar refractivity (Wildman–Crippen MR) is 80.7 cm³/mol. The highest BCUT2D eigenvalue weighted by molar-refractivity contribution is 7.11. The lowest BCUT2D eigenvalue weighted by Crippen LogP contribution is -2.43. The maximum atomic E-state index is 11.6. The summed E-state index contributed by atoms with van der Waals surface area (Å²) in [5, 5.41) is 3.86. The summed E-state index contributed by atoms with van der Waals surface area (Å²) in [5.41, 5.74) is 6.73. The van der Waals surface area contributed by atoms with Crippen LogP contribution < -0.4 is 11.1 Å². The van der Waals surface area contributed by atoms with Crippen LogP contribution in [0.1, 0.15) is 29.4 Å². The molecule has 1 atom stereocenters. The number of amides is 1. The topological polar surface area (TPSA) is 68.0 Å². The van der Waals surface area contributed by atoms with Gasteiger partial charge in [-0.1, -0.05) is 13.8 Å². The third-order valence-electron chi connectivity index (χ3n) is 2.44. The normalized spacial score (nSPS) is 11.4. The molecule has 1 rings (SSSR count). The van der Waals surface area contributed by atoms with Crippen LogP contribution in [0, 0.1) is 19.8 Å². The Hall–Kier alpha value is -0.360. The summed E-state index contributed by atoms with van der Waals surface area (Å²) in [4.78, 5) is 17.0. The van der Waals surface area contributed by atoms with Gasteiger partial charge < -0.3 is 11.1 Å². The van der Waals surface area contributed by atoms with Gasteiger partial charge in [-0.15, -0.1) is 36.2 Å². The maximum Gasteiger partial charge on any atom is 0.237 e. The third kappa shape index (κ3) is 5.52. The minimum Gasteiger partial charge on any atom is -0.350 e. The second-order valence-electron chi connectivity index (χ2n) is 4.23. The minimum absolute atomic E-state index is 0. The second-order valence-corrected chi connectivity index (χ2v) is 5.52. The van der Waals surface area contributed by atoms with Gasteiger partial charge in [0.1, 0.15) is 0 Å². The molecule has 0 fully saturated rings. The van der Waals surface area contributed by atoms with E-state index in [0.29, 0.717) is 6.54 Å². The highest BCUT2D eigenvalue weighted by atomic mass is 35.5. The summed E-state index contributed by atoms with van der Waals surface area (Å²) < 4.78 is 0. The SMILES string of the molecule is Cc1nc(C)c(CNC(=O)[C@H](N)C(C)C)s1.Cl.Cl. The number of aryl methyl sites for hydroxylation is 2. The van der Waals surface area contributed by atoms with Crippen molar-refractivity contribution >= 4 is 42.1 Å². The summed E-state index contributed by atoms with van der Waals surface area (Å²) in [6.45, 7) is 8.31. The molecule has 0 aliphatic rings. The van der Waals surface area contributed by atoms with Crippen LogP contribution in [0.3, 0.4) is 0 Å². The van der Waals surface area contributed by atoms with Gasteiger partial charge in [0, 0.05) is 4.88 Å². The highest BCUT2D eigenvalue weighted by Crippen LogP contribution is 2.16. The Labute approximate surface area is 125 Å². The van der Waals surface area contributed by atoms with Gasteiger partial charge in [0.15, 0.2) is 0 Å². The van der Waals surface area contributed by atoms with E-state index in [2.05, 4.69) is 10.3 Å². The number of nitrogens with zero attached hydrogens (tertiary/aromatic N) is 1. The lowest BCUT2D eigenvalue weighted by Gasteiger charge is -2.14. The summed E-state index contributed by atoms with van der Waals surface area (Å²) in [6, 6.07) is -0.436. The maximum absolute atomic E-state index is 11.6. The number of nitrogens with two attached hydrogens (primary N) is 1. The smallest absolute Gasteiger partial charge is 0.237 e. The number of carbonyl (C=O) groups is 1. The lowest BCUT2D eigenvalue weighted by atomic mass is 10.1. The summed E-state index contributed by atoms with van der Waals surface area (Å²) >= 11 is 1.61. The van der Waals surface area contributed by atoms with Crippen molar-refractivity contribution in [3.8, 4) is 0 Å². The van der Waals surface area contributed by atoms with Crippen molar-refractivity contribution in [3.63, 3.8) is 0 Å². The van der Waals surface area contributed by atoms with Crippen molar-refractivity contribution in [2.75, 3.05) is 0 Å². The number of nitrogens with one attached hydrogen (secondary N) is 1. The molecular weight excluding hydrogens is 293 g/mol. The van der Waals surface area contributed by atoms with Crippen LogP contribution in [0.2, 0.25) is 0 Å². The fraction of sp³-hybridized carbons (Fsp3) is 0.636. The molecule has 0 bridgehead atoms. The van der Waals surface area contributed by atoms with Gasteiger partial charge in [-0.25, -0.2) is 4.98 Å². The van der Waals surface area contributed by atoms with E-state index in [0.717, 1.165) is 15.6 Å². The molecule has 0 saturated heterocycles. The Morgan fingerprint density at radius 2 is 1.94 bits per heavy atom. The Kier molecular flexibility index (Phi) is 9.64. The van der Waals surface area contributed by atoms with Crippen LogP contribution in [-0.2, 0) is 11.3 Å². The van der Waals surface area contributed by atoms with Crippen LogP contribution in [0.5, 0.6) is 0 Å². The molecule has 18 heavy (non-hydrogen) atoms. The van der Waals surface area contributed by atoms with Crippen molar-refractivity contribution in [1.82, 2.24) is 10.3 Å². The van der Waals surface area contributed by atoms with E-state index in [1.165, 1.54) is 0 Å². The Bertz CT molecular complexity index is 382. The fourth-order valence-electron chi connectivity index (χ4n) is 1.33. The number of hydrogen-bond acceptors (Lipinski definition) is 4. The Morgan fingerprint density at radius 1 is 1.39 bits per heavy atom. The number of rotatable bonds is 4. The molecule has 4 nitrogen and oxygen atoms in total. The molecule has 1 heterocycles. The fourth-order valence-corrected chi connectivity index (χ4v) is 2.20. The first-order valence-corrected chi connectivity index (χ1v) is 6.19. The van der Waals surface area contributed by atoms with Crippen molar-refractivity contribution in [2.24, 2.45) is 11.7 Å². The molecule has 0 aliphatic carbocycles. The molecule has 0 saturated carbocycles. The molecular formula is C11H21Cl2N3OS. The quantitative estimate of drug-likeness (QED) is 0.895. The number of aromatic nitrogens is 1. The van der Waals surface area contributed by atoms with Gasteiger partial charge in [-0.05, 0) is 19.8 Å². The number of hydrogen-bond donors (Lipinski definition) is 2. The average Bonchev–Trinajstić information content (AvgIpc) is 2.52. The van der Waals surface area contributed by atoms with E-state index >= 15 is 0 Å². The monoisotopic (exact) mass is 313 g/mol. The first kappa shape index (κ1) is 20.0. The standard InChI is InChI=1S/C11H19N3OS.2ClH/c1-6(2)10(12)11(15)13-5-9-7(3)14-8(4)16-9;;/h6,10H,5,12H2,1-4H3,(H,13,15);2*1H/t10-;;/m1../s1. The molecule has 0 radical (unpaired) electrons. The molecule has 1 aromatic heterocycles. The predicted octanol–water partition coefficient (Wildman–Crippen LogP) is 2.20. The van der Waals surface area contributed by atoms with Gasteiger partial charge >= 0.3 is 0 Å². The molecule has 0 unspecified atom stereocenters. The molecule has 7 heteroatoms. The zero-order valence-electron chi connectivity index (χ0n) is 11.0. The third-order valence-corrected chi connectivity index (χ3v) is 3.52. The second kappa shape index (κ2) is 8.69. The van der Waals surface area contributed by atoms with E-state index in [1.54, 1.807) is 11.3 Å². The number of carbonyl (C=O) groups excluding carboxylic acids is 1. The van der Waals surface area contributed by atoms with Crippen molar-refractivity contribution in [1.29, 1.82) is 0 Å². The molecule has 1 aromatic rings. The lowest BCUT2D eigenvalue weighted by molar-refractivity contribution is -0.123. The van der Waals surface area contributed by atoms with Crippen LogP contribution in [0.15, 0.2) is 0 Å². The minimum atomic E-state index is -0.436. The van der Waals surface area contributed by atoms with E-state index in [-0.39, 0.29) is 36.6 Å². The molecule has 106 valence electrons.